The van der Waals surface area contributed by atoms with Crippen molar-refractivity contribution < 1.29 is 19.5 Å². The van der Waals surface area contributed by atoms with Crippen LogP contribution in [0, 0.1) is 5.92 Å². The molecule has 8 heteroatoms. The molecule has 0 bridgehead atoms. The number of carbonyl (C=O) groups is 3. The van der Waals surface area contributed by atoms with Crippen molar-refractivity contribution in [1.82, 2.24) is 16.0 Å². The van der Waals surface area contributed by atoms with Crippen molar-refractivity contribution in [3.05, 3.63) is 0 Å². The second-order valence-corrected chi connectivity index (χ2v) is 6.70. The fraction of sp³-hybridized carbons (Fsp3) is 0.824. The van der Waals surface area contributed by atoms with E-state index in [-0.39, 0.29) is 17.9 Å². The molecule has 2 amide bonds. The Balaban J connectivity index is 2.70. The lowest BCUT2D eigenvalue weighted by molar-refractivity contribution is -0.142. The molecule has 8 nitrogen and oxygen atoms in total. The highest BCUT2D eigenvalue weighted by atomic mass is 16.4. The Morgan fingerprint density at radius 2 is 2.00 bits per heavy atom. The summed E-state index contributed by atoms with van der Waals surface area (Å²) in [5.41, 5.74) is 5.42. The lowest BCUT2D eigenvalue weighted by atomic mass is 9.97. The number of carboxylic acid groups (broad SMARTS) is 1. The molecule has 144 valence electrons. The van der Waals surface area contributed by atoms with Crippen molar-refractivity contribution in [2.75, 3.05) is 13.1 Å². The van der Waals surface area contributed by atoms with Gasteiger partial charge >= 0.3 is 5.97 Å². The van der Waals surface area contributed by atoms with E-state index in [4.69, 9.17) is 5.73 Å². The summed E-state index contributed by atoms with van der Waals surface area (Å²) in [6.07, 6.45) is 4.03. The fourth-order valence-corrected chi connectivity index (χ4v) is 2.88. The van der Waals surface area contributed by atoms with Crippen LogP contribution in [-0.2, 0) is 14.4 Å². The number of carboxylic acids is 1. The summed E-state index contributed by atoms with van der Waals surface area (Å²) in [7, 11) is 0. The van der Waals surface area contributed by atoms with Gasteiger partial charge in [-0.2, -0.15) is 0 Å². The molecule has 0 unspecified atom stereocenters. The third-order valence-corrected chi connectivity index (χ3v) is 4.73. The van der Waals surface area contributed by atoms with Crippen LogP contribution in [0.4, 0.5) is 0 Å². The predicted octanol–water partition coefficient (Wildman–Crippen LogP) is -0.0323. The van der Waals surface area contributed by atoms with Crippen LogP contribution in [0.3, 0.4) is 0 Å². The Labute approximate surface area is 149 Å². The Morgan fingerprint density at radius 3 is 2.52 bits per heavy atom. The van der Waals surface area contributed by atoms with Crippen LogP contribution in [0.1, 0.15) is 52.4 Å². The normalized spacial score (nSPS) is 20.5. The summed E-state index contributed by atoms with van der Waals surface area (Å²) in [5, 5.41) is 17.8. The van der Waals surface area contributed by atoms with Gasteiger partial charge in [-0.1, -0.05) is 20.3 Å². The predicted molar refractivity (Wildman–Crippen MR) is 94.9 cm³/mol. The van der Waals surface area contributed by atoms with Gasteiger partial charge in [-0.15, -0.1) is 0 Å². The highest BCUT2D eigenvalue weighted by Gasteiger charge is 2.32. The molecule has 1 rings (SSSR count). The quantitative estimate of drug-likeness (QED) is 0.330. The van der Waals surface area contributed by atoms with Gasteiger partial charge < -0.3 is 26.8 Å². The van der Waals surface area contributed by atoms with E-state index in [9.17, 15) is 19.5 Å². The molecule has 4 atom stereocenters. The second-order valence-electron chi connectivity index (χ2n) is 6.70. The van der Waals surface area contributed by atoms with Crippen molar-refractivity contribution in [2.45, 2.75) is 70.5 Å². The lowest BCUT2D eigenvalue weighted by Gasteiger charge is -2.26. The lowest BCUT2D eigenvalue weighted by Crippen LogP contribution is -2.56. The Hall–Kier alpha value is -1.67. The number of aliphatic carboxylic acids is 1. The summed E-state index contributed by atoms with van der Waals surface area (Å²) in [5.74, 6) is -1.81. The molecule has 0 aromatic heterocycles. The van der Waals surface area contributed by atoms with E-state index in [2.05, 4.69) is 16.0 Å². The summed E-state index contributed by atoms with van der Waals surface area (Å²) in [6.45, 7) is 5.08. The molecule has 0 aliphatic carbocycles. The van der Waals surface area contributed by atoms with Crippen LogP contribution >= 0.6 is 0 Å². The van der Waals surface area contributed by atoms with Crippen LogP contribution in [-0.4, -0.2) is 54.1 Å². The van der Waals surface area contributed by atoms with Crippen LogP contribution < -0.4 is 21.7 Å². The standard InChI is InChI=1S/C17H32N4O4/c1-3-11(2)14(21-15(22)12-8-6-10-19-12)16(23)20-13(17(24)25)7-4-5-9-18/h11-14,19H,3-10,18H2,1-2H3,(H,20,23)(H,21,22)(H,24,25)/t11-,12-,13-,14-/m0/s1. The number of nitrogens with one attached hydrogen (secondary N) is 3. The molecule has 1 fully saturated rings. The van der Waals surface area contributed by atoms with Gasteiger partial charge in [0.1, 0.15) is 12.1 Å². The minimum Gasteiger partial charge on any atom is -0.480 e. The van der Waals surface area contributed by atoms with Crippen molar-refractivity contribution in [2.24, 2.45) is 11.7 Å². The maximum absolute atomic E-state index is 12.6. The van der Waals surface area contributed by atoms with Gasteiger partial charge in [-0.3, -0.25) is 9.59 Å². The largest absolute Gasteiger partial charge is 0.480 e. The highest BCUT2D eigenvalue weighted by molar-refractivity contribution is 5.92. The molecular weight excluding hydrogens is 324 g/mol. The van der Waals surface area contributed by atoms with E-state index in [1.165, 1.54) is 0 Å². The van der Waals surface area contributed by atoms with E-state index in [1.807, 2.05) is 13.8 Å². The number of carbonyl (C=O) groups excluding carboxylic acids is 2. The van der Waals surface area contributed by atoms with Gasteiger partial charge in [0.2, 0.25) is 11.8 Å². The molecule has 0 saturated carbocycles. The zero-order chi connectivity index (χ0) is 18.8. The molecule has 0 aromatic rings. The van der Waals surface area contributed by atoms with E-state index in [1.54, 1.807) is 0 Å². The first-order valence-electron chi connectivity index (χ1n) is 9.17. The fourth-order valence-electron chi connectivity index (χ4n) is 2.88. The summed E-state index contributed by atoms with van der Waals surface area (Å²) in [4.78, 5) is 36.3. The number of amides is 2. The van der Waals surface area contributed by atoms with Crippen LogP contribution in [0.5, 0.6) is 0 Å². The highest BCUT2D eigenvalue weighted by Crippen LogP contribution is 2.12. The number of rotatable bonds is 11. The topological polar surface area (TPSA) is 134 Å². The van der Waals surface area contributed by atoms with Crippen molar-refractivity contribution in [3.8, 4) is 0 Å². The Bertz CT molecular complexity index is 452. The molecule has 1 aliphatic heterocycles. The van der Waals surface area contributed by atoms with Gasteiger partial charge in [0.05, 0.1) is 6.04 Å². The average Bonchev–Trinajstić information content (AvgIpc) is 3.12. The van der Waals surface area contributed by atoms with Crippen LogP contribution in [0.25, 0.3) is 0 Å². The average molecular weight is 356 g/mol. The van der Waals surface area contributed by atoms with Gasteiger partial charge in [0.15, 0.2) is 0 Å². The first-order valence-corrected chi connectivity index (χ1v) is 9.17. The molecule has 1 heterocycles. The molecule has 0 radical (unpaired) electrons. The summed E-state index contributed by atoms with van der Waals surface area (Å²) < 4.78 is 0. The zero-order valence-corrected chi connectivity index (χ0v) is 15.2. The van der Waals surface area contributed by atoms with Crippen molar-refractivity contribution in [3.63, 3.8) is 0 Å². The van der Waals surface area contributed by atoms with Crippen molar-refractivity contribution in [1.29, 1.82) is 0 Å². The van der Waals surface area contributed by atoms with E-state index < -0.39 is 24.0 Å². The number of nitrogens with two attached hydrogens (primary N) is 1. The molecule has 0 aromatic carbocycles. The number of hydrogen-bond acceptors (Lipinski definition) is 5. The van der Waals surface area contributed by atoms with Crippen LogP contribution in [0.2, 0.25) is 0 Å². The molecule has 1 aliphatic rings. The zero-order valence-electron chi connectivity index (χ0n) is 15.2. The first kappa shape index (κ1) is 21.4. The third kappa shape index (κ3) is 6.99. The maximum atomic E-state index is 12.6. The Morgan fingerprint density at radius 1 is 1.28 bits per heavy atom. The molecule has 25 heavy (non-hydrogen) atoms. The molecule has 1 saturated heterocycles. The first-order chi connectivity index (χ1) is 11.9. The summed E-state index contributed by atoms with van der Waals surface area (Å²) >= 11 is 0. The molecule has 0 spiro atoms. The van der Waals surface area contributed by atoms with Gasteiger partial charge in [-0.05, 0) is 51.1 Å². The molecular formula is C17H32N4O4. The van der Waals surface area contributed by atoms with E-state index in [0.717, 1.165) is 19.4 Å². The van der Waals surface area contributed by atoms with E-state index >= 15 is 0 Å². The number of unbranched alkanes of at least 4 members (excludes halogenated alkanes) is 1. The SMILES string of the molecule is CC[C@H](C)[C@H](NC(=O)[C@@H]1CCCN1)C(=O)N[C@@H](CCCCN)C(=O)O. The number of hydrogen-bond donors (Lipinski definition) is 5. The summed E-state index contributed by atoms with van der Waals surface area (Å²) in [6, 6.07) is -1.98. The maximum Gasteiger partial charge on any atom is 0.326 e. The van der Waals surface area contributed by atoms with Crippen LogP contribution in [0.15, 0.2) is 0 Å². The smallest absolute Gasteiger partial charge is 0.326 e. The molecule has 6 N–H and O–H groups in total. The van der Waals surface area contributed by atoms with Gasteiger partial charge in [0.25, 0.3) is 0 Å². The van der Waals surface area contributed by atoms with E-state index in [0.29, 0.717) is 32.2 Å². The van der Waals surface area contributed by atoms with Crippen molar-refractivity contribution >= 4 is 17.8 Å². The van der Waals surface area contributed by atoms with Gasteiger partial charge in [-0.25, -0.2) is 4.79 Å². The minimum absolute atomic E-state index is 0.0937. The Kier molecular flexibility index (Phi) is 9.44. The van der Waals surface area contributed by atoms with Gasteiger partial charge in [0, 0.05) is 0 Å². The minimum atomic E-state index is -1.07. The second kappa shape index (κ2) is 11.0. The third-order valence-electron chi connectivity index (χ3n) is 4.73. The monoisotopic (exact) mass is 356 g/mol.